The Hall–Kier alpha value is -2.69. The quantitative estimate of drug-likeness (QED) is 0.505. The number of carbonyl (C=O) groups excluding carboxylic acids is 1. The van der Waals surface area contributed by atoms with E-state index in [-0.39, 0.29) is 17.1 Å². The highest BCUT2D eigenvalue weighted by molar-refractivity contribution is 5.99. The fourth-order valence-electron chi connectivity index (χ4n) is 5.07. The third-order valence-corrected chi connectivity index (χ3v) is 6.08. The van der Waals surface area contributed by atoms with Crippen LogP contribution in [0.15, 0.2) is 36.4 Å². The molecule has 5 nitrogen and oxygen atoms in total. The Labute approximate surface area is 145 Å². The fraction of sp³-hybridized carbons (Fsp3) is 0.350. The molecule has 5 heteroatoms. The number of benzene rings is 2. The van der Waals surface area contributed by atoms with E-state index in [1.54, 1.807) is 6.07 Å². The Morgan fingerprint density at radius 3 is 2.64 bits per heavy atom. The maximum absolute atomic E-state index is 12.8. The summed E-state index contributed by atoms with van der Waals surface area (Å²) in [4.78, 5) is 12.8. The highest BCUT2D eigenvalue weighted by atomic mass is 16.6. The van der Waals surface area contributed by atoms with Crippen LogP contribution in [0.25, 0.3) is 0 Å². The Morgan fingerprint density at radius 2 is 1.76 bits per heavy atom. The molecule has 2 unspecified atom stereocenters. The van der Waals surface area contributed by atoms with E-state index in [2.05, 4.69) is 11.4 Å². The largest absolute Gasteiger partial charge is 0.504 e. The predicted octanol–water partition coefficient (Wildman–Crippen LogP) is 3.64. The van der Waals surface area contributed by atoms with Crippen LogP contribution >= 0.6 is 0 Å². The molecule has 2 heterocycles. The third kappa shape index (κ3) is 1.61. The summed E-state index contributed by atoms with van der Waals surface area (Å²) in [6.45, 7) is 0. The third-order valence-electron chi connectivity index (χ3n) is 6.08. The summed E-state index contributed by atoms with van der Waals surface area (Å²) in [5.74, 6) is -1.27. The Balaban J connectivity index is 1.90. The number of phenols is 2. The molecule has 2 aliphatic heterocycles. The molecule has 0 radical (unpaired) electrons. The van der Waals surface area contributed by atoms with Crippen LogP contribution in [0.4, 0.5) is 5.69 Å². The van der Waals surface area contributed by atoms with E-state index in [0.29, 0.717) is 6.42 Å². The van der Waals surface area contributed by atoms with Gasteiger partial charge in [0, 0.05) is 12.1 Å². The maximum Gasteiger partial charge on any atom is 0.344 e. The van der Waals surface area contributed by atoms with Gasteiger partial charge in [-0.2, -0.15) is 0 Å². The van der Waals surface area contributed by atoms with E-state index in [0.717, 1.165) is 42.5 Å². The summed E-state index contributed by atoms with van der Waals surface area (Å²) in [7, 11) is 0. The summed E-state index contributed by atoms with van der Waals surface area (Å²) in [5, 5.41) is 23.8. The Bertz CT molecular complexity index is 909. The standard InChI is InChI=1S/C20H19NO4/c22-15-9-8-13-16(17(15)23)18(24)25-20-11-5-1-4-10-19(13,20)12-6-2-3-7-14(12)21-20/h2-3,6-9,21-23H,1,4-5,10-11H2. The molecule has 0 saturated heterocycles. The Morgan fingerprint density at radius 1 is 0.960 bits per heavy atom. The normalized spacial score (nSPS) is 29.4. The number of hydrogen-bond acceptors (Lipinski definition) is 5. The number of phenolic OH excluding ortho intramolecular Hbond substituents is 2. The molecule has 1 fully saturated rings. The fourth-order valence-corrected chi connectivity index (χ4v) is 5.07. The van der Waals surface area contributed by atoms with Gasteiger partial charge in [0.15, 0.2) is 17.2 Å². The van der Waals surface area contributed by atoms with Crippen LogP contribution in [0.1, 0.15) is 53.6 Å². The van der Waals surface area contributed by atoms with Crippen molar-refractivity contribution in [2.75, 3.05) is 5.32 Å². The first-order valence-corrected chi connectivity index (χ1v) is 8.75. The summed E-state index contributed by atoms with van der Waals surface area (Å²) in [6, 6.07) is 11.3. The lowest BCUT2D eigenvalue weighted by Crippen LogP contribution is -2.58. The van der Waals surface area contributed by atoms with E-state index >= 15 is 0 Å². The van der Waals surface area contributed by atoms with Crippen molar-refractivity contribution in [3.05, 3.63) is 53.1 Å². The van der Waals surface area contributed by atoms with E-state index < -0.39 is 17.1 Å². The first kappa shape index (κ1) is 14.6. The van der Waals surface area contributed by atoms with Crippen molar-refractivity contribution in [1.82, 2.24) is 0 Å². The van der Waals surface area contributed by atoms with Crippen LogP contribution in [-0.2, 0) is 10.2 Å². The molecule has 128 valence electrons. The summed E-state index contributed by atoms with van der Waals surface area (Å²) < 4.78 is 6.00. The van der Waals surface area contributed by atoms with Crippen molar-refractivity contribution < 1.29 is 19.7 Å². The van der Waals surface area contributed by atoms with Crippen molar-refractivity contribution in [3.63, 3.8) is 0 Å². The molecule has 1 aliphatic carbocycles. The molecule has 2 atom stereocenters. The van der Waals surface area contributed by atoms with Crippen LogP contribution in [0.2, 0.25) is 0 Å². The van der Waals surface area contributed by atoms with Crippen LogP contribution in [0.5, 0.6) is 11.5 Å². The van der Waals surface area contributed by atoms with Crippen molar-refractivity contribution in [1.29, 1.82) is 0 Å². The van der Waals surface area contributed by atoms with Gasteiger partial charge in [-0.05, 0) is 36.1 Å². The topological polar surface area (TPSA) is 78.8 Å². The number of esters is 1. The molecule has 0 amide bonds. The lowest BCUT2D eigenvalue weighted by Gasteiger charge is -2.48. The molecular formula is C20H19NO4. The predicted molar refractivity (Wildman–Crippen MR) is 91.8 cm³/mol. The van der Waals surface area contributed by atoms with Gasteiger partial charge >= 0.3 is 5.97 Å². The summed E-state index contributed by atoms with van der Waals surface area (Å²) in [6.07, 6.45) is 4.59. The molecule has 0 aromatic heterocycles. The van der Waals surface area contributed by atoms with Crippen LogP contribution in [0.3, 0.4) is 0 Å². The van der Waals surface area contributed by atoms with Gasteiger partial charge in [-0.25, -0.2) is 4.79 Å². The number of fused-ring (bicyclic) bond motifs is 2. The first-order chi connectivity index (χ1) is 12.1. The minimum absolute atomic E-state index is 0.0935. The maximum atomic E-state index is 12.8. The van der Waals surface area contributed by atoms with Gasteiger partial charge in [0.2, 0.25) is 0 Å². The SMILES string of the molecule is O=C1OC23CCCCCC2(c2ccccc2N3)c2ccc(O)c(O)c21. The number of anilines is 1. The zero-order valence-electron chi connectivity index (χ0n) is 13.7. The second kappa shape index (κ2) is 4.69. The van der Waals surface area contributed by atoms with Gasteiger partial charge in [-0.1, -0.05) is 37.1 Å². The second-order valence-corrected chi connectivity index (χ2v) is 7.21. The summed E-state index contributed by atoms with van der Waals surface area (Å²) >= 11 is 0. The number of carbonyl (C=O) groups is 1. The van der Waals surface area contributed by atoms with Gasteiger partial charge in [-0.15, -0.1) is 0 Å². The first-order valence-electron chi connectivity index (χ1n) is 8.75. The highest BCUT2D eigenvalue weighted by Crippen LogP contribution is 2.62. The van der Waals surface area contributed by atoms with E-state index in [4.69, 9.17) is 4.74 Å². The van der Waals surface area contributed by atoms with Crippen molar-refractivity contribution in [2.45, 2.75) is 43.2 Å². The summed E-state index contributed by atoms with van der Waals surface area (Å²) in [5.41, 5.74) is 1.53. The monoisotopic (exact) mass is 337 g/mol. The minimum Gasteiger partial charge on any atom is -0.504 e. The Kier molecular flexibility index (Phi) is 2.74. The van der Waals surface area contributed by atoms with Gasteiger partial charge in [0.1, 0.15) is 5.56 Å². The highest BCUT2D eigenvalue weighted by Gasteiger charge is 2.65. The molecule has 3 aliphatic rings. The molecule has 3 N–H and O–H groups in total. The number of para-hydroxylation sites is 1. The van der Waals surface area contributed by atoms with Gasteiger partial charge in [0.25, 0.3) is 0 Å². The number of aromatic hydroxyl groups is 2. The van der Waals surface area contributed by atoms with Crippen molar-refractivity contribution >= 4 is 11.7 Å². The molecule has 0 bridgehead atoms. The van der Waals surface area contributed by atoms with Crippen molar-refractivity contribution in [2.24, 2.45) is 0 Å². The molecule has 1 saturated carbocycles. The lowest BCUT2D eigenvalue weighted by atomic mass is 9.63. The van der Waals surface area contributed by atoms with Crippen molar-refractivity contribution in [3.8, 4) is 11.5 Å². The minimum atomic E-state index is -0.833. The van der Waals surface area contributed by atoms with E-state index in [1.165, 1.54) is 6.07 Å². The van der Waals surface area contributed by atoms with E-state index in [9.17, 15) is 15.0 Å². The zero-order chi connectivity index (χ0) is 17.2. The zero-order valence-corrected chi connectivity index (χ0v) is 13.7. The van der Waals surface area contributed by atoms with Gasteiger partial charge < -0.3 is 20.3 Å². The molecule has 2 aromatic carbocycles. The molecular weight excluding hydrogens is 318 g/mol. The number of hydrogen-bond donors (Lipinski definition) is 3. The number of ether oxygens (including phenoxy) is 1. The van der Waals surface area contributed by atoms with E-state index in [1.807, 2.05) is 18.2 Å². The average Bonchev–Trinajstić information content (AvgIpc) is 2.74. The second-order valence-electron chi connectivity index (χ2n) is 7.21. The molecule has 2 aromatic rings. The van der Waals surface area contributed by atoms with Crippen LogP contribution in [-0.4, -0.2) is 21.9 Å². The molecule has 25 heavy (non-hydrogen) atoms. The van der Waals surface area contributed by atoms with Crippen LogP contribution in [0, 0.1) is 0 Å². The van der Waals surface area contributed by atoms with Crippen LogP contribution < -0.4 is 5.32 Å². The molecule has 5 rings (SSSR count). The average molecular weight is 337 g/mol. The number of rotatable bonds is 0. The number of nitrogens with one attached hydrogen (secondary N) is 1. The molecule has 0 spiro atoms. The van der Waals surface area contributed by atoms with Gasteiger partial charge in [-0.3, -0.25) is 0 Å². The lowest BCUT2D eigenvalue weighted by molar-refractivity contribution is -0.0450. The smallest absolute Gasteiger partial charge is 0.344 e. The van der Waals surface area contributed by atoms with Gasteiger partial charge in [0.05, 0.1) is 5.41 Å².